The molecule has 1 aromatic carbocycles. The molecule has 0 aliphatic heterocycles. The monoisotopic (exact) mass is 310 g/mol. The fourth-order valence-corrected chi connectivity index (χ4v) is 2.53. The molecule has 1 amide bonds. The fraction of sp³-hybridized carbons (Fsp3) is 0.125. The molecule has 0 spiro atoms. The first kappa shape index (κ1) is 14.7. The van der Waals surface area contributed by atoms with Crippen molar-refractivity contribution in [3.63, 3.8) is 0 Å². The molecule has 0 saturated heterocycles. The third-order valence-corrected chi connectivity index (χ3v) is 3.56. The summed E-state index contributed by atoms with van der Waals surface area (Å²) in [5.41, 5.74) is 1.84. The molecule has 2 heterocycles. The third kappa shape index (κ3) is 2.76. The SMILES string of the molecule is CCn1c(C(=O)Nc2cccnc2)cc2cc([N+](=O)[O-])ccc21. The van der Waals surface area contributed by atoms with Gasteiger partial charge in [0.05, 0.1) is 16.8 Å². The van der Waals surface area contributed by atoms with Gasteiger partial charge in [0.2, 0.25) is 0 Å². The average molecular weight is 310 g/mol. The van der Waals surface area contributed by atoms with E-state index in [9.17, 15) is 14.9 Å². The van der Waals surface area contributed by atoms with Gasteiger partial charge in [-0.2, -0.15) is 0 Å². The maximum atomic E-state index is 12.5. The highest BCUT2D eigenvalue weighted by Gasteiger charge is 2.17. The van der Waals surface area contributed by atoms with Crippen LogP contribution in [0.4, 0.5) is 11.4 Å². The standard InChI is InChI=1S/C16H14N4O3/c1-2-19-14-6-5-13(20(22)23)8-11(14)9-15(19)16(21)18-12-4-3-7-17-10-12/h3-10H,2H2,1H3,(H,18,21). The van der Waals surface area contributed by atoms with Crippen molar-refractivity contribution in [1.29, 1.82) is 0 Å². The van der Waals surface area contributed by atoms with Crippen molar-refractivity contribution in [2.75, 3.05) is 5.32 Å². The van der Waals surface area contributed by atoms with E-state index in [0.29, 0.717) is 23.3 Å². The van der Waals surface area contributed by atoms with Crippen LogP contribution in [-0.4, -0.2) is 20.4 Å². The molecule has 0 unspecified atom stereocenters. The largest absolute Gasteiger partial charge is 0.337 e. The lowest BCUT2D eigenvalue weighted by molar-refractivity contribution is -0.384. The summed E-state index contributed by atoms with van der Waals surface area (Å²) in [4.78, 5) is 26.9. The molecule has 7 heteroatoms. The molecule has 2 aromatic heterocycles. The molecule has 3 rings (SSSR count). The number of hydrogen-bond donors (Lipinski definition) is 1. The normalized spacial score (nSPS) is 10.7. The Morgan fingerprint density at radius 1 is 1.35 bits per heavy atom. The van der Waals surface area contributed by atoms with Crippen molar-refractivity contribution in [1.82, 2.24) is 9.55 Å². The molecule has 0 radical (unpaired) electrons. The molecule has 0 bridgehead atoms. The first-order valence-corrected chi connectivity index (χ1v) is 7.09. The van der Waals surface area contributed by atoms with Gasteiger partial charge in [-0.25, -0.2) is 0 Å². The van der Waals surface area contributed by atoms with Gasteiger partial charge in [0.1, 0.15) is 5.69 Å². The van der Waals surface area contributed by atoms with E-state index in [1.807, 2.05) is 11.5 Å². The van der Waals surface area contributed by atoms with Crippen molar-refractivity contribution in [2.45, 2.75) is 13.5 Å². The van der Waals surface area contributed by atoms with Gasteiger partial charge in [-0.1, -0.05) is 0 Å². The Hall–Kier alpha value is -3.22. The Kier molecular flexibility index (Phi) is 3.76. The lowest BCUT2D eigenvalue weighted by Gasteiger charge is -2.08. The summed E-state index contributed by atoms with van der Waals surface area (Å²) < 4.78 is 1.82. The van der Waals surface area contributed by atoms with E-state index in [1.54, 1.807) is 36.7 Å². The minimum atomic E-state index is -0.446. The van der Waals surface area contributed by atoms with Gasteiger partial charge in [-0.15, -0.1) is 0 Å². The summed E-state index contributed by atoms with van der Waals surface area (Å²) in [7, 11) is 0. The maximum Gasteiger partial charge on any atom is 0.272 e. The van der Waals surface area contributed by atoms with Crippen LogP contribution in [0.1, 0.15) is 17.4 Å². The van der Waals surface area contributed by atoms with Crippen molar-refractivity contribution < 1.29 is 9.72 Å². The van der Waals surface area contributed by atoms with Gasteiger partial charge in [-0.05, 0) is 31.2 Å². The highest BCUT2D eigenvalue weighted by molar-refractivity contribution is 6.06. The molecule has 0 aliphatic rings. The number of amides is 1. The number of non-ortho nitro benzene ring substituents is 1. The van der Waals surface area contributed by atoms with Crippen LogP contribution in [0, 0.1) is 10.1 Å². The third-order valence-electron chi connectivity index (χ3n) is 3.56. The molecule has 0 aliphatic carbocycles. The average Bonchev–Trinajstić information content (AvgIpc) is 2.93. The molecule has 0 saturated carbocycles. The van der Waals surface area contributed by atoms with Crippen LogP contribution in [0.2, 0.25) is 0 Å². The Balaban J connectivity index is 2.02. The van der Waals surface area contributed by atoms with E-state index in [2.05, 4.69) is 10.3 Å². The van der Waals surface area contributed by atoms with Crippen LogP contribution in [-0.2, 0) is 6.54 Å². The number of nitrogens with one attached hydrogen (secondary N) is 1. The lowest BCUT2D eigenvalue weighted by Crippen LogP contribution is -2.16. The number of carbonyl (C=O) groups excluding carboxylic acids is 1. The van der Waals surface area contributed by atoms with Crippen molar-refractivity contribution in [3.05, 3.63) is 64.6 Å². The second-order valence-electron chi connectivity index (χ2n) is 4.97. The minimum Gasteiger partial charge on any atom is -0.337 e. The second kappa shape index (κ2) is 5.88. The molecular weight excluding hydrogens is 296 g/mol. The van der Waals surface area contributed by atoms with Gasteiger partial charge in [0, 0.05) is 35.8 Å². The Morgan fingerprint density at radius 2 is 2.17 bits per heavy atom. The molecule has 0 atom stereocenters. The van der Waals surface area contributed by atoms with Crippen molar-refractivity contribution in [2.24, 2.45) is 0 Å². The van der Waals surface area contributed by atoms with Gasteiger partial charge < -0.3 is 9.88 Å². The number of nitro groups is 1. The van der Waals surface area contributed by atoms with Gasteiger partial charge in [0.15, 0.2) is 0 Å². The molecular formula is C16H14N4O3. The first-order valence-electron chi connectivity index (χ1n) is 7.09. The van der Waals surface area contributed by atoms with Crippen LogP contribution in [0.5, 0.6) is 0 Å². The molecule has 3 aromatic rings. The van der Waals surface area contributed by atoms with E-state index < -0.39 is 4.92 Å². The Bertz CT molecular complexity index is 887. The predicted molar refractivity (Wildman–Crippen MR) is 86.5 cm³/mol. The summed E-state index contributed by atoms with van der Waals surface area (Å²) in [6.45, 7) is 2.50. The van der Waals surface area contributed by atoms with Crippen molar-refractivity contribution in [3.8, 4) is 0 Å². The Labute approximate surface area is 131 Å². The summed E-state index contributed by atoms with van der Waals surface area (Å²) in [6, 6.07) is 9.72. The number of rotatable bonds is 4. The predicted octanol–water partition coefficient (Wildman–Crippen LogP) is 3.22. The van der Waals surface area contributed by atoms with E-state index in [0.717, 1.165) is 5.52 Å². The summed E-state index contributed by atoms with van der Waals surface area (Å²) >= 11 is 0. The number of nitro benzene ring substituents is 1. The topological polar surface area (TPSA) is 90.1 Å². The number of fused-ring (bicyclic) bond motifs is 1. The summed E-state index contributed by atoms with van der Waals surface area (Å²) in [5.74, 6) is -0.279. The van der Waals surface area contributed by atoms with E-state index >= 15 is 0 Å². The highest BCUT2D eigenvalue weighted by atomic mass is 16.6. The Morgan fingerprint density at radius 3 is 2.83 bits per heavy atom. The smallest absolute Gasteiger partial charge is 0.272 e. The lowest BCUT2D eigenvalue weighted by atomic mass is 10.2. The first-order chi connectivity index (χ1) is 11.1. The maximum absolute atomic E-state index is 12.5. The van der Waals surface area contributed by atoms with Crippen LogP contribution in [0.3, 0.4) is 0 Å². The van der Waals surface area contributed by atoms with Crippen LogP contribution in [0.15, 0.2) is 48.8 Å². The molecule has 23 heavy (non-hydrogen) atoms. The summed E-state index contributed by atoms with van der Waals surface area (Å²) in [5, 5.41) is 14.3. The quantitative estimate of drug-likeness (QED) is 0.591. The summed E-state index contributed by atoms with van der Waals surface area (Å²) in [6.07, 6.45) is 3.18. The van der Waals surface area contributed by atoms with Crippen molar-refractivity contribution >= 4 is 28.2 Å². The van der Waals surface area contributed by atoms with Crippen LogP contribution in [0.25, 0.3) is 10.9 Å². The minimum absolute atomic E-state index is 0.00460. The highest BCUT2D eigenvalue weighted by Crippen LogP contribution is 2.25. The number of nitrogens with zero attached hydrogens (tertiary/aromatic N) is 3. The number of aromatic nitrogens is 2. The van der Waals surface area contributed by atoms with Gasteiger partial charge >= 0.3 is 0 Å². The molecule has 1 N–H and O–H groups in total. The number of hydrogen-bond acceptors (Lipinski definition) is 4. The zero-order valence-corrected chi connectivity index (χ0v) is 12.4. The van der Waals surface area contributed by atoms with E-state index in [1.165, 1.54) is 12.1 Å². The number of benzene rings is 1. The second-order valence-corrected chi connectivity index (χ2v) is 4.97. The number of pyridine rings is 1. The fourth-order valence-electron chi connectivity index (χ4n) is 2.53. The van der Waals surface area contributed by atoms with Crippen LogP contribution >= 0.6 is 0 Å². The van der Waals surface area contributed by atoms with Crippen LogP contribution < -0.4 is 5.32 Å². The zero-order chi connectivity index (χ0) is 16.4. The van der Waals surface area contributed by atoms with E-state index in [-0.39, 0.29) is 11.6 Å². The number of aryl methyl sites for hydroxylation is 1. The molecule has 116 valence electrons. The number of anilines is 1. The number of carbonyl (C=O) groups is 1. The van der Waals surface area contributed by atoms with Gasteiger partial charge in [-0.3, -0.25) is 19.9 Å². The molecule has 7 nitrogen and oxygen atoms in total. The van der Waals surface area contributed by atoms with Gasteiger partial charge in [0.25, 0.3) is 11.6 Å². The molecule has 0 fully saturated rings. The van der Waals surface area contributed by atoms with E-state index in [4.69, 9.17) is 0 Å². The zero-order valence-electron chi connectivity index (χ0n) is 12.4.